The number of aromatic nitrogens is 1. The molecule has 0 bridgehead atoms. The zero-order valence-electron chi connectivity index (χ0n) is 11.5. The number of rotatable bonds is 6. The number of sulfonamides is 1. The van der Waals surface area contributed by atoms with Gasteiger partial charge in [-0.1, -0.05) is 6.07 Å². The molecule has 0 amide bonds. The first-order valence-corrected chi connectivity index (χ1v) is 9.52. The molecule has 0 saturated carbocycles. The number of benzene rings is 1. The SMILES string of the molecule is Cc1cc(CN)cc(S(=O)(=O)NCCc2cscn2)c1Br. The first-order chi connectivity index (χ1) is 9.94. The Kier molecular flexibility index (Phi) is 5.50. The normalized spacial score (nSPS) is 11.8. The lowest BCUT2D eigenvalue weighted by Crippen LogP contribution is -2.26. The highest BCUT2D eigenvalue weighted by Crippen LogP contribution is 2.27. The Morgan fingerprint density at radius 3 is 2.81 bits per heavy atom. The first kappa shape index (κ1) is 16.6. The van der Waals surface area contributed by atoms with Crippen LogP contribution in [0.25, 0.3) is 0 Å². The van der Waals surface area contributed by atoms with Crippen molar-refractivity contribution in [3.8, 4) is 0 Å². The van der Waals surface area contributed by atoms with Gasteiger partial charge in [0.2, 0.25) is 10.0 Å². The van der Waals surface area contributed by atoms with E-state index in [1.807, 2.05) is 18.4 Å². The number of nitrogens with zero attached hydrogens (tertiary/aromatic N) is 1. The Hall–Kier alpha value is -0.800. The smallest absolute Gasteiger partial charge is 0.241 e. The molecule has 0 aliphatic rings. The number of thiazole rings is 1. The van der Waals surface area contributed by atoms with Gasteiger partial charge in [0.05, 0.1) is 16.1 Å². The van der Waals surface area contributed by atoms with Crippen LogP contribution in [0.1, 0.15) is 16.8 Å². The van der Waals surface area contributed by atoms with Gasteiger partial charge in [-0.2, -0.15) is 0 Å². The predicted octanol–water partition coefficient (Wildman–Crippen LogP) is 2.19. The summed E-state index contributed by atoms with van der Waals surface area (Å²) in [5.74, 6) is 0. The Morgan fingerprint density at radius 2 is 2.19 bits per heavy atom. The average molecular weight is 390 g/mol. The van der Waals surface area contributed by atoms with Gasteiger partial charge in [0.15, 0.2) is 0 Å². The number of nitrogens with one attached hydrogen (secondary N) is 1. The highest BCUT2D eigenvalue weighted by molar-refractivity contribution is 9.10. The molecule has 0 atom stereocenters. The minimum atomic E-state index is -3.58. The fraction of sp³-hybridized carbons (Fsp3) is 0.308. The molecule has 3 N–H and O–H groups in total. The maximum Gasteiger partial charge on any atom is 0.241 e. The summed E-state index contributed by atoms with van der Waals surface area (Å²) < 4.78 is 28.0. The lowest BCUT2D eigenvalue weighted by Gasteiger charge is -2.12. The second-order valence-corrected chi connectivity index (χ2v) is 7.80. The van der Waals surface area contributed by atoms with Crippen molar-refractivity contribution in [1.29, 1.82) is 0 Å². The van der Waals surface area contributed by atoms with Crippen molar-refractivity contribution in [2.45, 2.75) is 24.8 Å². The van der Waals surface area contributed by atoms with Crippen LogP contribution in [-0.4, -0.2) is 19.9 Å². The second-order valence-electron chi connectivity index (χ2n) is 4.56. The molecule has 114 valence electrons. The lowest BCUT2D eigenvalue weighted by atomic mass is 10.1. The lowest BCUT2D eigenvalue weighted by molar-refractivity contribution is 0.580. The summed E-state index contributed by atoms with van der Waals surface area (Å²) >= 11 is 4.83. The molecule has 5 nitrogen and oxygen atoms in total. The van der Waals surface area contributed by atoms with E-state index in [1.54, 1.807) is 11.6 Å². The monoisotopic (exact) mass is 389 g/mol. The van der Waals surface area contributed by atoms with E-state index in [-0.39, 0.29) is 4.90 Å². The molecule has 0 aliphatic heterocycles. The van der Waals surface area contributed by atoms with Crippen molar-refractivity contribution in [2.75, 3.05) is 6.54 Å². The van der Waals surface area contributed by atoms with Crippen LogP contribution in [0.4, 0.5) is 0 Å². The van der Waals surface area contributed by atoms with E-state index < -0.39 is 10.0 Å². The van der Waals surface area contributed by atoms with Crippen molar-refractivity contribution < 1.29 is 8.42 Å². The van der Waals surface area contributed by atoms with Gasteiger partial charge in [0.1, 0.15) is 0 Å². The van der Waals surface area contributed by atoms with Gasteiger partial charge in [0.25, 0.3) is 0 Å². The van der Waals surface area contributed by atoms with Crippen molar-refractivity contribution in [2.24, 2.45) is 5.73 Å². The number of hydrogen-bond donors (Lipinski definition) is 2. The van der Waals surface area contributed by atoms with Crippen LogP contribution in [0, 0.1) is 6.92 Å². The van der Waals surface area contributed by atoms with Gasteiger partial charge >= 0.3 is 0 Å². The van der Waals surface area contributed by atoms with Gasteiger partial charge in [-0.3, -0.25) is 0 Å². The number of nitrogens with two attached hydrogens (primary N) is 1. The van der Waals surface area contributed by atoms with Crippen LogP contribution in [-0.2, 0) is 23.0 Å². The maximum absolute atomic E-state index is 12.4. The molecular weight excluding hydrogens is 374 g/mol. The summed E-state index contributed by atoms with van der Waals surface area (Å²) in [6, 6.07) is 3.47. The Balaban J connectivity index is 2.17. The Labute approximate surface area is 136 Å². The largest absolute Gasteiger partial charge is 0.326 e. The van der Waals surface area contributed by atoms with Gasteiger partial charge in [0, 0.05) is 29.4 Å². The van der Waals surface area contributed by atoms with Crippen LogP contribution in [0.5, 0.6) is 0 Å². The maximum atomic E-state index is 12.4. The molecule has 2 aromatic rings. The third-order valence-corrected chi connectivity index (χ3v) is 6.40. The summed E-state index contributed by atoms with van der Waals surface area (Å²) in [7, 11) is -3.58. The molecule has 0 unspecified atom stereocenters. The van der Waals surface area contributed by atoms with Crippen molar-refractivity contribution >= 4 is 37.3 Å². The van der Waals surface area contributed by atoms with E-state index in [9.17, 15) is 8.42 Å². The van der Waals surface area contributed by atoms with Gasteiger partial charge in [-0.25, -0.2) is 18.1 Å². The standard InChI is InChI=1S/C13H16BrN3O2S2/c1-9-4-10(6-15)5-12(13(9)14)21(18,19)17-3-2-11-7-20-8-16-11/h4-5,7-8,17H,2-3,6,15H2,1H3. The highest BCUT2D eigenvalue weighted by Gasteiger charge is 2.19. The van der Waals surface area contributed by atoms with Crippen LogP contribution in [0.2, 0.25) is 0 Å². The number of hydrogen-bond acceptors (Lipinski definition) is 5. The average Bonchev–Trinajstić information content (AvgIpc) is 2.94. The fourth-order valence-electron chi connectivity index (χ4n) is 1.87. The van der Waals surface area contributed by atoms with Crippen LogP contribution in [0.3, 0.4) is 0 Å². The van der Waals surface area contributed by atoms with E-state index in [0.717, 1.165) is 16.8 Å². The first-order valence-electron chi connectivity index (χ1n) is 6.30. The van der Waals surface area contributed by atoms with Gasteiger partial charge in [-0.05, 0) is 40.0 Å². The molecule has 1 aromatic carbocycles. The summed E-state index contributed by atoms with van der Waals surface area (Å²) in [6.07, 6.45) is 0.565. The van der Waals surface area contributed by atoms with Crippen LogP contribution >= 0.6 is 27.3 Å². The topological polar surface area (TPSA) is 85.1 Å². The third-order valence-electron chi connectivity index (χ3n) is 2.96. The third kappa shape index (κ3) is 4.10. The van der Waals surface area contributed by atoms with Crippen molar-refractivity contribution in [3.63, 3.8) is 0 Å². The Morgan fingerprint density at radius 1 is 1.43 bits per heavy atom. The number of aryl methyl sites for hydroxylation is 1. The molecule has 21 heavy (non-hydrogen) atoms. The molecule has 0 fully saturated rings. The van der Waals surface area contributed by atoms with E-state index in [0.29, 0.717) is 24.0 Å². The van der Waals surface area contributed by atoms with Gasteiger partial charge in [-0.15, -0.1) is 11.3 Å². The summed E-state index contributed by atoms with van der Waals surface area (Å²) in [5.41, 5.74) is 9.85. The van der Waals surface area contributed by atoms with E-state index in [2.05, 4.69) is 25.6 Å². The Bertz CT molecular complexity index is 715. The summed E-state index contributed by atoms with van der Waals surface area (Å²) in [5, 5.41) is 1.91. The molecule has 0 spiro atoms. The van der Waals surface area contributed by atoms with Gasteiger partial charge < -0.3 is 5.73 Å². The predicted molar refractivity (Wildman–Crippen MR) is 87.8 cm³/mol. The fourth-order valence-corrected chi connectivity index (χ4v) is 4.57. The quantitative estimate of drug-likeness (QED) is 0.792. The molecular formula is C13H16BrN3O2S2. The van der Waals surface area contributed by atoms with E-state index >= 15 is 0 Å². The molecule has 1 heterocycles. The second kappa shape index (κ2) is 6.97. The number of halogens is 1. The molecule has 0 aliphatic carbocycles. The van der Waals surface area contributed by atoms with E-state index in [1.165, 1.54) is 11.3 Å². The molecule has 8 heteroatoms. The summed E-state index contributed by atoms with van der Waals surface area (Å²) in [4.78, 5) is 4.35. The van der Waals surface area contributed by atoms with Crippen molar-refractivity contribution in [3.05, 3.63) is 44.3 Å². The molecule has 0 saturated heterocycles. The highest BCUT2D eigenvalue weighted by atomic mass is 79.9. The molecule has 2 rings (SSSR count). The van der Waals surface area contributed by atoms with E-state index in [4.69, 9.17) is 5.73 Å². The van der Waals surface area contributed by atoms with Crippen molar-refractivity contribution in [1.82, 2.24) is 9.71 Å². The molecule has 0 radical (unpaired) electrons. The summed E-state index contributed by atoms with van der Waals surface area (Å²) in [6.45, 7) is 2.46. The zero-order valence-corrected chi connectivity index (χ0v) is 14.7. The van der Waals surface area contributed by atoms with Crippen LogP contribution in [0.15, 0.2) is 32.4 Å². The molecule has 1 aromatic heterocycles. The minimum Gasteiger partial charge on any atom is -0.326 e. The van der Waals surface area contributed by atoms with Crippen LogP contribution < -0.4 is 10.5 Å². The minimum absolute atomic E-state index is 0.223. The zero-order chi connectivity index (χ0) is 15.5.